The Labute approximate surface area is 177 Å². The molecule has 1 aliphatic heterocycles. The van der Waals surface area contributed by atoms with Crippen LogP contribution in [0.4, 0.5) is 15.2 Å². The maximum Gasteiger partial charge on any atom is 0.230 e. The van der Waals surface area contributed by atoms with Crippen molar-refractivity contribution in [1.82, 2.24) is 10.2 Å². The molecule has 2 heterocycles. The van der Waals surface area contributed by atoms with Gasteiger partial charge in [0.2, 0.25) is 16.9 Å². The van der Waals surface area contributed by atoms with E-state index in [-0.39, 0.29) is 30.0 Å². The molecule has 8 heteroatoms. The molecule has 1 saturated heterocycles. The van der Waals surface area contributed by atoms with Gasteiger partial charge in [0.25, 0.3) is 0 Å². The molecular formula is C22H21FN4O2S. The molecule has 154 valence electrons. The third-order valence-electron chi connectivity index (χ3n) is 4.96. The smallest absolute Gasteiger partial charge is 0.230 e. The summed E-state index contributed by atoms with van der Waals surface area (Å²) in [6, 6.07) is 11.9. The van der Waals surface area contributed by atoms with Gasteiger partial charge in [-0.3, -0.25) is 9.59 Å². The Balaban J connectivity index is 1.40. The minimum atomic E-state index is -0.339. The average Bonchev–Trinajstić information content (AvgIpc) is 3.29. The van der Waals surface area contributed by atoms with Crippen LogP contribution in [0, 0.1) is 19.7 Å². The van der Waals surface area contributed by atoms with Crippen molar-refractivity contribution in [3.8, 4) is 0 Å². The molecule has 0 aliphatic carbocycles. The van der Waals surface area contributed by atoms with Gasteiger partial charge in [-0.05, 0) is 54.8 Å². The fraction of sp³-hybridized carbons (Fsp3) is 0.273. The second-order valence-corrected chi connectivity index (χ2v) is 8.56. The first-order valence-corrected chi connectivity index (χ1v) is 10.5. The number of hydrogen-bond acceptors (Lipinski definition) is 5. The topological polar surface area (TPSA) is 75.2 Å². The quantitative estimate of drug-likeness (QED) is 0.672. The second kappa shape index (κ2) is 8.31. The van der Waals surface area contributed by atoms with Gasteiger partial charge < -0.3 is 10.2 Å². The van der Waals surface area contributed by atoms with Crippen LogP contribution >= 0.6 is 11.3 Å². The molecule has 2 aromatic carbocycles. The van der Waals surface area contributed by atoms with Gasteiger partial charge in [0.15, 0.2) is 0 Å². The maximum absolute atomic E-state index is 13.0. The number of halogens is 1. The first-order chi connectivity index (χ1) is 14.4. The molecule has 3 aromatic rings. The number of amides is 2. The van der Waals surface area contributed by atoms with Crippen molar-refractivity contribution in [2.75, 3.05) is 16.8 Å². The van der Waals surface area contributed by atoms with E-state index in [1.54, 1.807) is 17.0 Å². The van der Waals surface area contributed by atoms with Crippen molar-refractivity contribution in [1.29, 1.82) is 0 Å². The van der Waals surface area contributed by atoms with Crippen molar-refractivity contribution in [3.05, 3.63) is 70.0 Å². The highest BCUT2D eigenvalue weighted by molar-refractivity contribution is 7.15. The summed E-state index contributed by atoms with van der Waals surface area (Å²) in [5.74, 6) is -0.585. The number of rotatable bonds is 5. The van der Waals surface area contributed by atoms with Crippen LogP contribution in [-0.4, -0.2) is 28.6 Å². The van der Waals surface area contributed by atoms with Crippen molar-refractivity contribution >= 4 is 34.0 Å². The number of carbonyl (C=O) groups is 2. The number of hydrogen-bond donors (Lipinski definition) is 1. The van der Waals surface area contributed by atoms with Crippen molar-refractivity contribution in [2.45, 2.75) is 32.6 Å². The molecule has 0 spiro atoms. The summed E-state index contributed by atoms with van der Waals surface area (Å²) in [6.07, 6.45) is 0.489. The van der Waals surface area contributed by atoms with Crippen LogP contribution in [0.15, 0.2) is 42.5 Å². The van der Waals surface area contributed by atoms with Crippen LogP contribution in [0.2, 0.25) is 0 Å². The summed E-state index contributed by atoms with van der Waals surface area (Å²) < 4.78 is 13.0. The van der Waals surface area contributed by atoms with Gasteiger partial charge in [-0.15, -0.1) is 10.2 Å². The summed E-state index contributed by atoms with van der Waals surface area (Å²) in [7, 11) is 0. The lowest BCUT2D eigenvalue weighted by Crippen LogP contribution is -2.24. The van der Waals surface area contributed by atoms with Gasteiger partial charge in [-0.1, -0.05) is 29.5 Å². The highest BCUT2D eigenvalue weighted by Gasteiger charge is 2.34. The zero-order valence-corrected chi connectivity index (χ0v) is 17.5. The molecule has 1 N–H and O–H groups in total. The number of carbonyl (C=O) groups excluding carboxylic acids is 2. The van der Waals surface area contributed by atoms with Gasteiger partial charge in [0.1, 0.15) is 10.8 Å². The maximum atomic E-state index is 13.0. The number of benzene rings is 2. The zero-order valence-electron chi connectivity index (χ0n) is 16.7. The van der Waals surface area contributed by atoms with Crippen LogP contribution in [0.5, 0.6) is 0 Å². The minimum absolute atomic E-state index is 0.0569. The number of nitrogens with one attached hydrogen (secondary N) is 1. The van der Waals surface area contributed by atoms with E-state index >= 15 is 0 Å². The van der Waals surface area contributed by atoms with Gasteiger partial charge >= 0.3 is 0 Å². The zero-order chi connectivity index (χ0) is 21.3. The molecule has 1 aromatic heterocycles. The number of nitrogens with zero attached hydrogens (tertiary/aromatic N) is 3. The molecule has 30 heavy (non-hydrogen) atoms. The van der Waals surface area contributed by atoms with E-state index in [0.29, 0.717) is 23.7 Å². The Bertz CT molecular complexity index is 1080. The molecular weight excluding hydrogens is 403 g/mol. The fourth-order valence-corrected chi connectivity index (χ4v) is 4.48. The molecule has 1 atom stereocenters. The molecule has 6 nitrogen and oxygen atoms in total. The highest BCUT2D eigenvalue weighted by atomic mass is 32.1. The summed E-state index contributed by atoms with van der Waals surface area (Å²) in [5, 5.41) is 12.1. The molecule has 0 unspecified atom stereocenters. The summed E-state index contributed by atoms with van der Waals surface area (Å²) >= 11 is 1.28. The third kappa shape index (κ3) is 4.54. The Morgan fingerprint density at radius 2 is 1.87 bits per heavy atom. The standard InChI is InChI=1S/C22H21FN4O2S/c1-13-7-14(2)9-18(8-13)27-12-16(11-20(27)29)21-25-26-22(30-21)24-19(28)10-15-3-5-17(23)6-4-15/h3-9,16H,10-12H2,1-2H3,(H,24,26,28)/t16-/m1/s1. The Kier molecular flexibility index (Phi) is 5.59. The van der Waals surface area contributed by atoms with Crippen LogP contribution in [0.25, 0.3) is 0 Å². The SMILES string of the molecule is Cc1cc(C)cc(N2C[C@H](c3nnc(NC(=O)Cc4ccc(F)cc4)s3)CC2=O)c1. The number of aromatic nitrogens is 2. The van der Waals surface area contributed by atoms with E-state index in [1.807, 2.05) is 26.0 Å². The number of anilines is 2. The van der Waals surface area contributed by atoms with Crippen molar-refractivity contribution < 1.29 is 14.0 Å². The normalized spacial score (nSPS) is 16.2. The van der Waals surface area contributed by atoms with E-state index in [2.05, 4.69) is 21.6 Å². The van der Waals surface area contributed by atoms with Gasteiger partial charge in [0.05, 0.1) is 6.42 Å². The van der Waals surface area contributed by atoms with Gasteiger partial charge in [0, 0.05) is 24.6 Å². The van der Waals surface area contributed by atoms with E-state index in [0.717, 1.165) is 21.8 Å². The van der Waals surface area contributed by atoms with E-state index in [4.69, 9.17) is 0 Å². The molecule has 0 bridgehead atoms. The largest absolute Gasteiger partial charge is 0.312 e. The van der Waals surface area contributed by atoms with E-state index in [1.165, 1.54) is 23.5 Å². The molecule has 1 aliphatic rings. The van der Waals surface area contributed by atoms with E-state index < -0.39 is 0 Å². The fourth-order valence-electron chi connectivity index (χ4n) is 3.63. The van der Waals surface area contributed by atoms with Gasteiger partial charge in [-0.2, -0.15) is 0 Å². The first-order valence-electron chi connectivity index (χ1n) is 9.64. The first kappa shape index (κ1) is 20.2. The summed E-state index contributed by atoms with van der Waals surface area (Å²) in [6.45, 7) is 4.57. The van der Waals surface area contributed by atoms with Crippen LogP contribution in [-0.2, 0) is 16.0 Å². The lowest BCUT2D eigenvalue weighted by Gasteiger charge is -2.17. The third-order valence-corrected chi connectivity index (χ3v) is 5.96. The molecule has 4 rings (SSSR count). The monoisotopic (exact) mass is 424 g/mol. The van der Waals surface area contributed by atoms with Crippen LogP contribution in [0.3, 0.4) is 0 Å². The van der Waals surface area contributed by atoms with Crippen LogP contribution in [0.1, 0.15) is 34.0 Å². The minimum Gasteiger partial charge on any atom is -0.312 e. The molecule has 2 amide bonds. The summed E-state index contributed by atoms with van der Waals surface area (Å²) in [4.78, 5) is 26.6. The van der Waals surface area contributed by atoms with E-state index in [9.17, 15) is 14.0 Å². The molecule has 1 fully saturated rings. The number of aryl methyl sites for hydroxylation is 2. The van der Waals surface area contributed by atoms with Crippen molar-refractivity contribution in [2.24, 2.45) is 0 Å². The predicted molar refractivity (Wildman–Crippen MR) is 114 cm³/mol. The predicted octanol–water partition coefficient (Wildman–Crippen LogP) is 4.00. The van der Waals surface area contributed by atoms with Gasteiger partial charge in [-0.25, -0.2) is 4.39 Å². The van der Waals surface area contributed by atoms with Crippen LogP contribution < -0.4 is 10.2 Å². The van der Waals surface area contributed by atoms with Crippen molar-refractivity contribution in [3.63, 3.8) is 0 Å². The highest BCUT2D eigenvalue weighted by Crippen LogP contribution is 2.34. The Morgan fingerprint density at radius 3 is 2.57 bits per heavy atom. The summed E-state index contributed by atoms with van der Waals surface area (Å²) in [5.41, 5.74) is 3.84. The molecule has 0 radical (unpaired) electrons. The Hall–Kier alpha value is -3.13. The average molecular weight is 425 g/mol. The molecule has 0 saturated carbocycles. The second-order valence-electron chi connectivity index (χ2n) is 7.55. The lowest BCUT2D eigenvalue weighted by molar-refractivity contribution is -0.117. The Morgan fingerprint density at radius 1 is 1.17 bits per heavy atom. The lowest BCUT2D eigenvalue weighted by atomic mass is 10.1.